The second kappa shape index (κ2) is 5.22. The molecule has 1 aromatic heterocycles. The summed E-state index contributed by atoms with van der Waals surface area (Å²) in [5, 5.41) is 13.6. The quantitative estimate of drug-likeness (QED) is 0.666. The number of benzene rings is 1. The molecule has 2 aromatic rings. The van der Waals surface area contributed by atoms with Gasteiger partial charge in [0.25, 0.3) is 0 Å². The number of rotatable bonds is 4. The van der Waals surface area contributed by atoms with Crippen LogP contribution < -0.4 is 5.32 Å². The monoisotopic (exact) mass is 247 g/mol. The number of hydrogen-bond acceptors (Lipinski definition) is 4. The molecule has 0 saturated heterocycles. The van der Waals surface area contributed by atoms with Crippen LogP contribution in [0.1, 0.15) is 5.56 Å². The van der Waals surface area contributed by atoms with E-state index >= 15 is 0 Å². The first-order valence-electron chi connectivity index (χ1n) is 5.24. The molecule has 0 unspecified atom stereocenters. The van der Waals surface area contributed by atoms with Crippen LogP contribution in [0.2, 0.25) is 0 Å². The van der Waals surface area contributed by atoms with E-state index in [0.29, 0.717) is 6.54 Å². The predicted octanol–water partition coefficient (Wildman–Crippen LogP) is 2.74. The normalized spacial score (nSPS) is 10.1. The van der Waals surface area contributed by atoms with Crippen LogP contribution in [0, 0.1) is 15.9 Å². The molecule has 0 aliphatic carbocycles. The van der Waals surface area contributed by atoms with Crippen molar-refractivity contribution < 1.29 is 9.31 Å². The zero-order chi connectivity index (χ0) is 13.0. The van der Waals surface area contributed by atoms with Gasteiger partial charge in [-0.25, -0.2) is 9.37 Å². The fourth-order valence-electron chi connectivity index (χ4n) is 1.49. The predicted molar refractivity (Wildman–Crippen MR) is 64.6 cm³/mol. The molecule has 0 saturated carbocycles. The Hall–Kier alpha value is -2.50. The first-order chi connectivity index (χ1) is 8.66. The standard InChI is InChI=1S/C12H10FN3O2/c13-10-6-11(16(17)18)12(15-8-10)14-7-9-4-2-1-3-5-9/h1-6,8H,7H2,(H,14,15). The lowest BCUT2D eigenvalue weighted by Gasteiger charge is -2.05. The van der Waals surface area contributed by atoms with Gasteiger partial charge >= 0.3 is 5.69 Å². The third-order valence-electron chi connectivity index (χ3n) is 2.33. The van der Waals surface area contributed by atoms with E-state index in [4.69, 9.17) is 0 Å². The Morgan fingerprint density at radius 3 is 2.72 bits per heavy atom. The molecule has 0 radical (unpaired) electrons. The molecule has 0 amide bonds. The van der Waals surface area contributed by atoms with Crippen LogP contribution in [0.4, 0.5) is 15.9 Å². The topological polar surface area (TPSA) is 68.1 Å². The van der Waals surface area contributed by atoms with Gasteiger partial charge in [-0.15, -0.1) is 0 Å². The highest BCUT2D eigenvalue weighted by Gasteiger charge is 2.16. The zero-order valence-electron chi connectivity index (χ0n) is 9.34. The molecule has 0 fully saturated rings. The Morgan fingerprint density at radius 2 is 2.06 bits per heavy atom. The number of aromatic nitrogens is 1. The molecular formula is C12H10FN3O2. The maximum Gasteiger partial charge on any atom is 0.314 e. The lowest BCUT2D eigenvalue weighted by molar-refractivity contribution is -0.384. The van der Waals surface area contributed by atoms with E-state index in [-0.39, 0.29) is 11.5 Å². The molecule has 5 nitrogen and oxygen atoms in total. The summed E-state index contributed by atoms with van der Waals surface area (Å²) in [6, 6.07) is 10.2. The average molecular weight is 247 g/mol. The fourth-order valence-corrected chi connectivity index (χ4v) is 1.49. The summed E-state index contributed by atoms with van der Waals surface area (Å²) in [6.45, 7) is 0.389. The minimum absolute atomic E-state index is 0.0604. The van der Waals surface area contributed by atoms with Gasteiger partial charge in [-0.2, -0.15) is 0 Å². The van der Waals surface area contributed by atoms with Crippen LogP contribution >= 0.6 is 0 Å². The maximum absolute atomic E-state index is 12.9. The van der Waals surface area contributed by atoms with Crippen molar-refractivity contribution >= 4 is 11.5 Å². The zero-order valence-corrected chi connectivity index (χ0v) is 9.34. The smallest absolute Gasteiger partial charge is 0.314 e. The summed E-state index contributed by atoms with van der Waals surface area (Å²) in [5.41, 5.74) is 0.587. The average Bonchev–Trinajstić information content (AvgIpc) is 2.38. The molecule has 1 N–H and O–H groups in total. The van der Waals surface area contributed by atoms with E-state index in [1.165, 1.54) is 0 Å². The van der Waals surface area contributed by atoms with Crippen molar-refractivity contribution in [1.29, 1.82) is 0 Å². The fraction of sp³-hybridized carbons (Fsp3) is 0.0833. The van der Waals surface area contributed by atoms with E-state index in [1.54, 1.807) is 0 Å². The maximum atomic E-state index is 12.9. The Balaban J connectivity index is 2.17. The van der Waals surface area contributed by atoms with Crippen molar-refractivity contribution in [2.75, 3.05) is 5.32 Å². The van der Waals surface area contributed by atoms with Gasteiger partial charge in [0.05, 0.1) is 17.2 Å². The Bertz CT molecular complexity index is 561. The van der Waals surface area contributed by atoms with Gasteiger partial charge in [-0.1, -0.05) is 30.3 Å². The van der Waals surface area contributed by atoms with Crippen LogP contribution in [0.3, 0.4) is 0 Å². The van der Waals surface area contributed by atoms with Crippen LogP contribution in [0.25, 0.3) is 0 Å². The van der Waals surface area contributed by atoms with Gasteiger partial charge in [-0.05, 0) is 5.56 Å². The number of pyridine rings is 1. The molecule has 92 valence electrons. The highest BCUT2D eigenvalue weighted by atomic mass is 19.1. The highest BCUT2D eigenvalue weighted by molar-refractivity contribution is 5.55. The molecule has 6 heteroatoms. The minimum Gasteiger partial charge on any atom is -0.360 e. The molecule has 0 spiro atoms. The van der Waals surface area contributed by atoms with Crippen LogP contribution in [0.15, 0.2) is 42.6 Å². The van der Waals surface area contributed by atoms with Gasteiger partial charge in [-0.3, -0.25) is 10.1 Å². The number of halogens is 1. The Kier molecular flexibility index (Phi) is 3.47. The van der Waals surface area contributed by atoms with Crippen molar-refractivity contribution in [3.05, 3.63) is 64.1 Å². The summed E-state index contributed by atoms with van der Waals surface area (Å²) in [5.74, 6) is -0.669. The molecule has 0 atom stereocenters. The number of hydrogen-bond donors (Lipinski definition) is 1. The van der Waals surface area contributed by atoms with Crippen molar-refractivity contribution in [2.24, 2.45) is 0 Å². The molecule has 0 bridgehead atoms. The van der Waals surface area contributed by atoms with Crippen molar-refractivity contribution in [2.45, 2.75) is 6.54 Å². The molecule has 18 heavy (non-hydrogen) atoms. The van der Waals surface area contributed by atoms with Gasteiger partial charge in [0, 0.05) is 6.54 Å². The molecule has 0 aliphatic heterocycles. The molecule has 0 aliphatic rings. The first-order valence-corrected chi connectivity index (χ1v) is 5.24. The van der Waals surface area contributed by atoms with E-state index in [0.717, 1.165) is 17.8 Å². The summed E-state index contributed by atoms with van der Waals surface area (Å²) in [6.07, 6.45) is 0.945. The summed E-state index contributed by atoms with van der Waals surface area (Å²) in [4.78, 5) is 13.8. The van der Waals surface area contributed by atoms with Crippen molar-refractivity contribution in [1.82, 2.24) is 4.98 Å². The second-order valence-electron chi connectivity index (χ2n) is 3.62. The summed E-state index contributed by atoms with van der Waals surface area (Å²) in [7, 11) is 0. The van der Waals surface area contributed by atoms with Crippen molar-refractivity contribution in [3.8, 4) is 0 Å². The largest absolute Gasteiger partial charge is 0.360 e. The highest BCUT2D eigenvalue weighted by Crippen LogP contribution is 2.22. The van der Waals surface area contributed by atoms with Gasteiger partial charge in [0.15, 0.2) is 0 Å². The van der Waals surface area contributed by atoms with E-state index in [9.17, 15) is 14.5 Å². The molecular weight excluding hydrogens is 237 g/mol. The molecule has 1 aromatic carbocycles. The first kappa shape index (κ1) is 12.0. The number of nitrogens with zero attached hydrogens (tertiary/aromatic N) is 2. The number of nitrogens with one attached hydrogen (secondary N) is 1. The lowest BCUT2D eigenvalue weighted by Crippen LogP contribution is -2.05. The lowest BCUT2D eigenvalue weighted by atomic mass is 10.2. The minimum atomic E-state index is -0.730. The third-order valence-corrected chi connectivity index (χ3v) is 2.33. The van der Waals surface area contributed by atoms with Crippen LogP contribution in [-0.4, -0.2) is 9.91 Å². The van der Waals surface area contributed by atoms with Crippen LogP contribution in [0.5, 0.6) is 0 Å². The Labute approximate surface area is 102 Å². The number of anilines is 1. The Morgan fingerprint density at radius 1 is 1.33 bits per heavy atom. The molecule has 1 heterocycles. The SMILES string of the molecule is O=[N+]([O-])c1cc(F)cnc1NCc1ccccc1. The van der Waals surface area contributed by atoms with E-state index in [2.05, 4.69) is 10.3 Å². The number of nitro groups is 1. The second-order valence-corrected chi connectivity index (χ2v) is 3.62. The molecule has 2 rings (SSSR count). The third kappa shape index (κ3) is 2.79. The van der Waals surface area contributed by atoms with Gasteiger partial charge in [0.2, 0.25) is 5.82 Å². The van der Waals surface area contributed by atoms with Gasteiger partial charge in [0.1, 0.15) is 5.82 Å². The van der Waals surface area contributed by atoms with Gasteiger partial charge < -0.3 is 5.32 Å². The summed E-state index contributed by atoms with van der Waals surface area (Å²) < 4.78 is 12.9. The van der Waals surface area contributed by atoms with Crippen molar-refractivity contribution in [3.63, 3.8) is 0 Å². The van der Waals surface area contributed by atoms with E-state index < -0.39 is 10.7 Å². The van der Waals surface area contributed by atoms with E-state index in [1.807, 2.05) is 30.3 Å². The summed E-state index contributed by atoms with van der Waals surface area (Å²) >= 11 is 0. The van der Waals surface area contributed by atoms with Crippen LogP contribution in [-0.2, 0) is 6.54 Å².